The van der Waals surface area contributed by atoms with Crippen molar-refractivity contribution in [2.45, 2.75) is 38.8 Å². The first-order chi connectivity index (χ1) is 14.3. The summed E-state index contributed by atoms with van der Waals surface area (Å²) in [7, 11) is 0. The summed E-state index contributed by atoms with van der Waals surface area (Å²) in [6.45, 7) is 5.28. The number of anilines is 1. The molecule has 2 N–H and O–H groups in total. The molecule has 0 saturated carbocycles. The van der Waals surface area contributed by atoms with Crippen LogP contribution in [0.25, 0.3) is 0 Å². The molecule has 2 amide bonds. The Bertz CT molecular complexity index is 928. The molecule has 7 heteroatoms. The molecule has 1 heterocycles. The van der Waals surface area contributed by atoms with Crippen molar-refractivity contribution in [2.75, 3.05) is 11.9 Å². The van der Waals surface area contributed by atoms with Gasteiger partial charge < -0.3 is 20.1 Å². The molecule has 1 fully saturated rings. The van der Waals surface area contributed by atoms with Crippen LogP contribution in [-0.4, -0.2) is 40.1 Å². The van der Waals surface area contributed by atoms with Gasteiger partial charge in [-0.15, -0.1) is 0 Å². The molecule has 0 aliphatic carbocycles. The molecule has 0 spiro atoms. The third-order valence-corrected chi connectivity index (χ3v) is 5.52. The number of hydrogen-bond acceptors (Lipinski definition) is 4. The van der Waals surface area contributed by atoms with Crippen molar-refractivity contribution < 1.29 is 24.2 Å². The number of nitrogens with zero attached hydrogens (tertiary/aromatic N) is 1. The summed E-state index contributed by atoms with van der Waals surface area (Å²) in [4.78, 5) is 39.6. The van der Waals surface area contributed by atoms with Gasteiger partial charge in [0.1, 0.15) is 5.54 Å². The second-order valence-electron chi connectivity index (χ2n) is 7.66. The van der Waals surface area contributed by atoms with Gasteiger partial charge in [0, 0.05) is 5.69 Å². The second kappa shape index (κ2) is 8.57. The maximum absolute atomic E-state index is 13.3. The van der Waals surface area contributed by atoms with Gasteiger partial charge in [-0.05, 0) is 44.9 Å². The van der Waals surface area contributed by atoms with Gasteiger partial charge in [0.05, 0.1) is 18.6 Å². The van der Waals surface area contributed by atoms with Crippen molar-refractivity contribution in [2.24, 2.45) is 5.92 Å². The molecule has 3 rings (SSSR count). The zero-order valence-electron chi connectivity index (χ0n) is 17.3. The Kier molecular flexibility index (Phi) is 6.10. The van der Waals surface area contributed by atoms with Crippen LogP contribution in [0.15, 0.2) is 54.6 Å². The van der Waals surface area contributed by atoms with Crippen LogP contribution < -0.4 is 5.32 Å². The lowest BCUT2D eigenvalue weighted by Gasteiger charge is -2.35. The van der Waals surface area contributed by atoms with E-state index in [2.05, 4.69) is 5.32 Å². The number of ether oxygens (including phenoxy) is 1. The first kappa shape index (κ1) is 21.4. The predicted octanol–water partition coefficient (Wildman–Crippen LogP) is 4.00. The van der Waals surface area contributed by atoms with Gasteiger partial charge in [0.25, 0.3) is 0 Å². The van der Waals surface area contributed by atoms with Crippen LogP contribution >= 0.6 is 0 Å². The number of urea groups is 1. The summed E-state index contributed by atoms with van der Waals surface area (Å²) in [6, 6.07) is 14.8. The number of carbonyl (C=O) groups excluding carboxylic acids is 2. The van der Waals surface area contributed by atoms with Gasteiger partial charge >= 0.3 is 18.0 Å². The normalized spacial score (nSPS) is 23.1. The Balaban J connectivity index is 2.08. The smallest absolute Gasteiger partial charge is 0.329 e. The second-order valence-corrected chi connectivity index (χ2v) is 7.66. The number of aryl methyl sites for hydroxylation is 1. The minimum atomic E-state index is -1.58. The van der Waals surface area contributed by atoms with Crippen molar-refractivity contribution in [3.63, 3.8) is 0 Å². The van der Waals surface area contributed by atoms with Gasteiger partial charge in [-0.2, -0.15) is 0 Å². The van der Waals surface area contributed by atoms with E-state index in [0.717, 1.165) is 5.56 Å². The summed E-state index contributed by atoms with van der Waals surface area (Å²) >= 11 is 0. The summed E-state index contributed by atoms with van der Waals surface area (Å²) < 4.78 is 5.23. The van der Waals surface area contributed by atoms with E-state index in [1.54, 1.807) is 31.2 Å². The van der Waals surface area contributed by atoms with Crippen LogP contribution in [0.1, 0.15) is 37.4 Å². The van der Waals surface area contributed by atoms with E-state index in [4.69, 9.17) is 4.74 Å². The number of aliphatic carboxylic acids is 1. The number of nitrogens with one attached hydrogen (secondary N) is 1. The maximum Gasteiger partial charge on any atom is 0.329 e. The number of rotatable bonds is 5. The van der Waals surface area contributed by atoms with E-state index in [-0.39, 0.29) is 13.0 Å². The highest BCUT2D eigenvalue weighted by Gasteiger charge is 2.58. The molecule has 1 aliphatic rings. The third kappa shape index (κ3) is 4.01. The number of likely N-dealkylation sites (tertiary alicyclic amines) is 1. The zero-order valence-corrected chi connectivity index (χ0v) is 17.3. The number of carbonyl (C=O) groups is 3. The Morgan fingerprint density at radius 1 is 1.13 bits per heavy atom. The first-order valence-electron chi connectivity index (χ1n) is 9.90. The van der Waals surface area contributed by atoms with Gasteiger partial charge in [0.15, 0.2) is 0 Å². The van der Waals surface area contributed by atoms with Gasteiger partial charge in [0.2, 0.25) is 0 Å². The van der Waals surface area contributed by atoms with Crippen molar-refractivity contribution >= 4 is 23.7 Å². The maximum atomic E-state index is 13.3. The van der Waals surface area contributed by atoms with E-state index in [9.17, 15) is 19.5 Å². The lowest BCUT2D eigenvalue weighted by molar-refractivity contribution is -0.148. The van der Waals surface area contributed by atoms with E-state index >= 15 is 0 Å². The Morgan fingerprint density at radius 2 is 1.77 bits per heavy atom. The summed E-state index contributed by atoms with van der Waals surface area (Å²) in [5.74, 6) is -2.48. The highest BCUT2D eigenvalue weighted by atomic mass is 16.5. The Hall–Kier alpha value is -3.35. The SMILES string of the molecule is CCOC(=O)C1CC(C)(C(=O)O)N(C(=O)Nc2ccccc2)C1c1ccc(C)cc1. The van der Waals surface area contributed by atoms with Crippen LogP contribution in [0.2, 0.25) is 0 Å². The molecule has 2 aromatic carbocycles. The third-order valence-electron chi connectivity index (χ3n) is 5.52. The van der Waals surface area contributed by atoms with E-state index in [0.29, 0.717) is 11.3 Å². The van der Waals surface area contributed by atoms with Crippen LogP contribution in [0.3, 0.4) is 0 Å². The lowest BCUT2D eigenvalue weighted by Crippen LogP contribution is -2.53. The fourth-order valence-electron chi connectivity index (χ4n) is 3.98. The van der Waals surface area contributed by atoms with Gasteiger partial charge in [-0.3, -0.25) is 4.79 Å². The highest BCUT2D eigenvalue weighted by molar-refractivity contribution is 5.96. The standard InChI is InChI=1S/C23H26N2O5/c1-4-30-20(26)18-14-23(3,21(27)28)25(19(18)16-12-10-15(2)11-13-16)22(29)24-17-8-6-5-7-9-17/h5-13,18-19H,4,14H2,1-3H3,(H,24,29)(H,27,28). The van der Waals surface area contributed by atoms with Gasteiger partial charge in [-0.25, -0.2) is 9.59 Å². The average Bonchev–Trinajstić information content (AvgIpc) is 3.04. The number of carboxylic acid groups (broad SMARTS) is 1. The molecule has 0 radical (unpaired) electrons. The average molecular weight is 410 g/mol. The minimum absolute atomic E-state index is 0.0398. The monoisotopic (exact) mass is 410 g/mol. The molecule has 30 heavy (non-hydrogen) atoms. The predicted molar refractivity (Wildman–Crippen MR) is 112 cm³/mol. The van der Waals surface area contributed by atoms with Gasteiger partial charge in [-0.1, -0.05) is 48.0 Å². The summed E-state index contributed by atoms with van der Waals surface area (Å²) in [5.41, 5.74) is 0.668. The van der Waals surface area contributed by atoms with Crippen molar-refractivity contribution in [1.82, 2.24) is 4.90 Å². The van der Waals surface area contributed by atoms with Crippen LogP contribution in [0, 0.1) is 12.8 Å². The zero-order chi connectivity index (χ0) is 21.9. The number of esters is 1. The molecule has 3 unspecified atom stereocenters. The van der Waals surface area contributed by atoms with Crippen LogP contribution in [0.4, 0.5) is 10.5 Å². The van der Waals surface area contributed by atoms with Crippen LogP contribution in [0.5, 0.6) is 0 Å². The van der Waals surface area contributed by atoms with Crippen molar-refractivity contribution in [1.29, 1.82) is 0 Å². The largest absolute Gasteiger partial charge is 0.480 e. The van der Waals surface area contributed by atoms with Crippen LogP contribution in [-0.2, 0) is 14.3 Å². The van der Waals surface area contributed by atoms with Crippen molar-refractivity contribution in [3.8, 4) is 0 Å². The molecular formula is C23H26N2O5. The Labute approximate surface area is 175 Å². The molecule has 1 aliphatic heterocycles. The highest BCUT2D eigenvalue weighted by Crippen LogP contribution is 2.48. The quantitative estimate of drug-likeness (QED) is 0.727. The molecule has 0 bridgehead atoms. The molecule has 2 aromatic rings. The molecule has 0 aromatic heterocycles. The summed E-state index contributed by atoms with van der Waals surface area (Å²) in [5, 5.41) is 12.8. The fraction of sp³-hybridized carbons (Fsp3) is 0.348. The minimum Gasteiger partial charge on any atom is -0.480 e. The fourth-order valence-corrected chi connectivity index (χ4v) is 3.98. The number of benzene rings is 2. The number of hydrogen-bond donors (Lipinski definition) is 2. The number of amides is 2. The molecule has 158 valence electrons. The first-order valence-corrected chi connectivity index (χ1v) is 9.90. The Morgan fingerprint density at radius 3 is 2.33 bits per heavy atom. The molecule has 7 nitrogen and oxygen atoms in total. The van der Waals surface area contributed by atoms with E-state index < -0.39 is 35.5 Å². The molecule has 1 saturated heterocycles. The molecule has 3 atom stereocenters. The lowest BCUT2D eigenvalue weighted by atomic mass is 9.90. The topological polar surface area (TPSA) is 95.9 Å². The summed E-state index contributed by atoms with van der Waals surface area (Å²) in [6.07, 6.45) is -0.0398. The van der Waals surface area contributed by atoms with E-state index in [1.807, 2.05) is 37.3 Å². The number of carboxylic acids is 1. The molecular weight excluding hydrogens is 384 g/mol. The van der Waals surface area contributed by atoms with E-state index in [1.165, 1.54) is 11.8 Å². The number of para-hydroxylation sites is 1. The van der Waals surface area contributed by atoms with Crippen molar-refractivity contribution in [3.05, 3.63) is 65.7 Å².